The highest BCUT2D eigenvalue weighted by Gasteiger charge is 2.13. The minimum Gasteiger partial charge on any atom is -0.483 e. The van der Waals surface area contributed by atoms with Crippen LogP contribution in [0.5, 0.6) is 5.75 Å². The van der Waals surface area contributed by atoms with Gasteiger partial charge in [0.15, 0.2) is 6.61 Å². The molecular weight excluding hydrogens is 547 g/mol. The van der Waals surface area contributed by atoms with Gasteiger partial charge in [-0.05, 0) is 60.7 Å². The third kappa shape index (κ3) is 7.87. The Labute approximate surface area is 213 Å². The van der Waals surface area contributed by atoms with Gasteiger partial charge in [-0.3, -0.25) is 14.4 Å². The Balaban J connectivity index is 1.57. The number of anilines is 2. The molecule has 0 saturated carbocycles. The molecule has 8 nitrogen and oxygen atoms in total. The largest absolute Gasteiger partial charge is 0.483 e. The second-order valence-electron chi connectivity index (χ2n) is 6.69. The number of nitrogens with one attached hydrogen (secondary N) is 3. The predicted molar refractivity (Wildman–Crippen MR) is 136 cm³/mol. The molecule has 3 aromatic rings. The molecule has 0 aliphatic carbocycles. The lowest BCUT2D eigenvalue weighted by atomic mass is 10.2. The molecule has 0 unspecified atom stereocenters. The number of hydrazone groups is 1. The van der Waals surface area contributed by atoms with Gasteiger partial charge in [-0.25, -0.2) is 5.43 Å². The van der Waals surface area contributed by atoms with E-state index in [0.717, 1.165) is 4.47 Å². The zero-order valence-electron chi connectivity index (χ0n) is 17.3. The van der Waals surface area contributed by atoms with Crippen LogP contribution in [0.4, 0.5) is 11.4 Å². The van der Waals surface area contributed by atoms with Gasteiger partial charge in [0.25, 0.3) is 5.91 Å². The van der Waals surface area contributed by atoms with Crippen molar-refractivity contribution in [3.8, 4) is 5.75 Å². The predicted octanol–water partition coefficient (Wildman–Crippen LogP) is 4.86. The topological polar surface area (TPSA) is 109 Å². The number of carbonyl (C=O) groups excluding carboxylic acids is 3. The van der Waals surface area contributed by atoms with Crippen LogP contribution < -0.4 is 20.8 Å². The zero-order chi connectivity index (χ0) is 24.5. The van der Waals surface area contributed by atoms with Gasteiger partial charge in [-0.2, -0.15) is 5.10 Å². The van der Waals surface area contributed by atoms with Gasteiger partial charge >= 0.3 is 11.8 Å². The van der Waals surface area contributed by atoms with Gasteiger partial charge in [-0.1, -0.05) is 45.2 Å². The summed E-state index contributed by atoms with van der Waals surface area (Å²) in [6.07, 6.45) is 1.29. The van der Waals surface area contributed by atoms with Gasteiger partial charge < -0.3 is 15.4 Å². The second kappa shape index (κ2) is 12.2. The molecule has 174 valence electrons. The molecule has 34 heavy (non-hydrogen) atoms. The maximum absolute atomic E-state index is 12.2. The van der Waals surface area contributed by atoms with Crippen molar-refractivity contribution in [1.29, 1.82) is 0 Å². The van der Waals surface area contributed by atoms with Crippen molar-refractivity contribution < 1.29 is 19.1 Å². The standard InChI is InChI=1S/C23H17BrCl2N4O4/c24-15-4-9-20(34-13-21(31)28-18-7-5-16(25)6-8-18)14(10-15)12-27-30-23(33)22(32)29-19-3-1-2-17(26)11-19/h1-12H,13H2,(H,28,31)(H,29,32)(H,30,33)/b27-12-. The Morgan fingerprint density at radius 2 is 1.65 bits per heavy atom. The van der Waals surface area contributed by atoms with Crippen molar-refractivity contribution in [2.45, 2.75) is 0 Å². The number of benzene rings is 3. The molecular formula is C23H17BrCl2N4O4. The van der Waals surface area contributed by atoms with E-state index < -0.39 is 11.8 Å². The minimum absolute atomic E-state index is 0.264. The van der Waals surface area contributed by atoms with Crippen molar-refractivity contribution in [2.24, 2.45) is 5.10 Å². The third-order valence-corrected chi connectivity index (χ3v) is 5.10. The van der Waals surface area contributed by atoms with E-state index in [1.165, 1.54) is 12.3 Å². The number of nitrogens with zero attached hydrogens (tertiary/aromatic N) is 1. The molecule has 0 fully saturated rings. The van der Waals surface area contributed by atoms with Crippen LogP contribution in [-0.4, -0.2) is 30.5 Å². The average molecular weight is 564 g/mol. The van der Waals surface area contributed by atoms with Crippen molar-refractivity contribution in [2.75, 3.05) is 17.2 Å². The summed E-state index contributed by atoms with van der Waals surface area (Å²) < 4.78 is 6.31. The minimum atomic E-state index is -0.976. The summed E-state index contributed by atoms with van der Waals surface area (Å²) in [5, 5.41) is 9.88. The maximum atomic E-state index is 12.2. The molecule has 0 aliphatic heterocycles. The van der Waals surface area contributed by atoms with Crippen molar-refractivity contribution in [3.63, 3.8) is 0 Å². The molecule has 0 aromatic heterocycles. The molecule has 0 saturated heterocycles. The Morgan fingerprint density at radius 1 is 0.882 bits per heavy atom. The monoisotopic (exact) mass is 562 g/mol. The number of halogens is 3. The number of hydrogen-bond donors (Lipinski definition) is 3. The van der Waals surface area contributed by atoms with Crippen LogP contribution >= 0.6 is 39.1 Å². The summed E-state index contributed by atoms with van der Waals surface area (Å²) in [4.78, 5) is 36.2. The van der Waals surface area contributed by atoms with E-state index in [0.29, 0.717) is 32.7 Å². The first-order chi connectivity index (χ1) is 16.3. The average Bonchev–Trinajstić information content (AvgIpc) is 2.80. The fourth-order valence-electron chi connectivity index (χ4n) is 2.59. The molecule has 0 spiro atoms. The van der Waals surface area contributed by atoms with E-state index in [-0.39, 0.29) is 12.5 Å². The van der Waals surface area contributed by atoms with Gasteiger partial charge in [0.2, 0.25) is 0 Å². The Bertz CT molecular complexity index is 1240. The summed E-state index contributed by atoms with van der Waals surface area (Å²) in [5.41, 5.74) is 3.55. The summed E-state index contributed by atoms with van der Waals surface area (Å²) >= 11 is 15.0. The van der Waals surface area contributed by atoms with Crippen LogP contribution in [0.1, 0.15) is 5.56 Å². The van der Waals surface area contributed by atoms with Gasteiger partial charge in [0.1, 0.15) is 5.75 Å². The first kappa shape index (κ1) is 25.2. The van der Waals surface area contributed by atoms with Crippen LogP contribution in [0.25, 0.3) is 0 Å². The molecule has 0 aliphatic rings. The highest BCUT2D eigenvalue weighted by atomic mass is 79.9. The molecule has 3 N–H and O–H groups in total. The third-order valence-electron chi connectivity index (χ3n) is 4.12. The van der Waals surface area contributed by atoms with Crippen LogP contribution in [0, 0.1) is 0 Å². The van der Waals surface area contributed by atoms with Gasteiger partial charge in [0.05, 0.1) is 6.21 Å². The zero-order valence-corrected chi connectivity index (χ0v) is 20.4. The quantitative estimate of drug-likeness (QED) is 0.216. The Kier molecular flexibility index (Phi) is 9.03. The lowest BCUT2D eigenvalue weighted by Crippen LogP contribution is -2.32. The SMILES string of the molecule is O=C(COc1ccc(Br)cc1/C=N\NC(=O)C(=O)Nc1cccc(Cl)c1)Nc1ccc(Cl)cc1. The summed E-state index contributed by atoms with van der Waals surface area (Å²) in [7, 11) is 0. The summed E-state index contributed by atoms with van der Waals surface area (Å²) in [6.45, 7) is -0.264. The van der Waals surface area contributed by atoms with Crippen molar-refractivity contribution >= 4 is 74.4 Å². The molecule has 3 rings (SSSR count). The summed E-state index contributed by atoms with van der Waals surface area (Å²) in [5.74, 6) is -1.92. The lowest BCUT2D eigenvalue weighted by molar-refractivity contribution is -0.136. The first-order valence-corrected chi connectivity index (χ1v) is 11.2. The Morgan fingerprint density at radius 3 is 2.38 bits per heavy atom. The van der Waals surface area contributed by atoms with Gasteiger partial charge in [-0.15, -0.1) is 0 Å². The van der Waals surface area contributed by atoms with Crippen LogP contribution in [0.15, 0.2) is 76.3 Å². The maximum Gasteiger partial charge on any atom is 0.329 e. The fraction of sp³-hybridized carbons (Fsp3) is 0.0435. The van der Waals surface area contributed by atoms with Crippen LogP contribution in [0.3, 0.4) is 0 Å². The summed E-state index contributed by atoms with van der Waals surface area (Å²) in [6, 6.07) is 18.1. The lowest BCUT2D eigenvalue weighted by Gasteiger charge is -2.10. The number of hydrogen-bond acceptors (Lipinski definition) is 5. The smallest absolute Gasteiger partial charge is 0.329 e. The van der Waals surface area contributed by atoms with Crippen molar-refractivity contribution in [1.82, 2.24) is 5.43 Å². The first-order valence-electron chi connectivity index (χ1n) is 9.68. The fourth-order valence-corrected chi connectivity index (χ4v) is 3.29. The van der Waals surface area contributed by atoms with E-state index in [2.05, 4.69) is 37.1 Å². The van der Waals surface area contributed by atoms with Gasteiger partial charge in [0, 0.05) is 31.5 Å². The normalized spacial score (nSPS) is 10.6. The van der Waals surface area contributed by atoms with E-state index >= 15 is 0 Å². The Hall–Kier alpha value is -3.40. The molecule has 3 amide bonds. The highest BCUT2D eigenvalue weighted by molar-refractivity contribution is 9.10. The van der Waals surface area contributed by atoms with Crippen LogP contribution in [0.2, 0.25) is 10.0 Å². The van der Waals surface area contributed by atoms with Crippen LogP contribution in [-0.2, 0) is 14.4 Å². The molecule has 0 atom stereocenters. The van der Waals surface area contributed by atoms with E-state index in [1.807, 2.05) is 0 Å². The van der Waals surface area contributed by atoms with E-state index in [9.17, 15) is 14.4 Å². The van der Waals surface area contributed by atoms with E-state index in [1.54, 1.807) is 60.7 Å². The second-order valence-corrected chi connectivity index (χ2v) is 8.48. The number of carbonyl (C=O) groups is 3. The molecule has 11 heteroatoms. The molecule has 0 radical (unpaired) electrons. The molecule has 3 aromatic carbocycles. The van der Waals surface area contributed by atoms with E-state index in [4.69, 9.17) is 27.9 Å². The number of amides is 3. The van der Waals surface area contributed by atoms with Crippen molar-refractivity contribution in [3.05, 3.63) is 86.8 Å². The molecule has 0 bridgehead atoms. The number of ether oxygens (including phenoxy) is 1. The number of rotatable bonds is 7. The molecule has 0 heterocycles. The highest BCUT2D eigenvalue weighted by Crippen LogP contribution is 2.22.